The molecule has 1 saturated heterocycles. The maximum atomic E-state index is 12.7. The lowest BCUT2D eigenvalue weighted by Crippen LogP contribution is -2.56. The molecule has 2 unspecified atom stereocenters. The molecule has 5 nitrogen and oxygen atoms in total. The van der Waals surface area contributed by atoms with Crippen molar-refractivity contribution in [2.24, 2.45) is 0 Å². The molecule has 2 N–H and O–H groups in total. The third-order valence-electron chi connectivity index (χ3n) is 3.58. The highest BCUT2D eigenvalue weighted by Gasteiger charge is 2.32. The van der Waals surface area contributed by atoms with Crippen molar-refractivity contribution in [2.45, 2.75) is 23.4 Å². The summed E-state index contributed by atoms with van der Waals surface area (Å²) < 4.78 is 25.5. The molecule has 1 aliphatic heterocycles. The molecule has 6 heteroatoms. The summed E-state index contributed by atoms with van der Waals surface area (Å²) in [5.74, 6) is 0. The van der Waals surface area contributed by atoms with Crippen molar-refractivity contribution >= 4 is 20.6 Å². The summed E-state index contributed by atoms with van der Waals surface area (Å²) in [5, 5.41) is 7.36. The number of hydrogen-bond donors (Lipinski definition) is 2. The molecule has 1 aliphatic rings. The van der Waals surface area contributed by atoms with Crippen LogP contribution in [-0.4, -0.2) is 37.9 Å². The quantitative estimate of drug-likeness (QED) is 0.861. The van der Waals surface area contributed by atoms with Gasteiger partial charge in [0.25, 0.3) is 0 Å². The molecular weight excluding hydrogens is 274 g/mol. The molecule has 0 aliphatic carbocycles. The van der Waals surface area contributed by atoms with Crippen LogP contribution >= 0.6 is 0 Å². The zero-order valence-corrected chi connectivity index (χ0v) is 12.0. The monoisotopic (exact) mass is 291 g/mol. The summed E-state index contributed by atoms with van der Waals surface area (Å²) in [5.41, 5.74) is 0. The topological polar surface area (TPSA) is 71.1 Å². The Kier molecular flexibility index (Phi) is 3.45. The number of benzene rings is 1. The van der Waals surface area contributed by atoms with Gasteiger partial charge in [0.05, 0.1) is 0 Å². The predicted molar refractivity (Wildman–Crippen MR) is 78.2 cm³/mol. The van der Waals surface area contributed by atoms with Gasteiger partial charge in [-0.2, -0.15) is 0 Å². The first kappa shape index (κ1) is 13.5. The van der Waals surface area contributed by atoms with E-state index >= 15 is 0 Å². The Hall–Kier alpha value is -1.50. The van der Waals surface area contributed by atoms with E-state index in [0.717, 1.165) is 5.39 Å². The molecule has 3 rings (SSSR count). The second-order valence-corrected chi connectivity index (χ2v) is 7.13. The van der Waals surface area contributed by atoms with Gasteiger partial charge in [-0.25, -0.2) is 13.4 Å². The van der Waals surface area contributed by atoms with Crippen LogP contribution in [0.2, 0.25) is 0 Å². The van der Waals surface area contributed by atoms with Gasteiger partial charge in [0.1, 0.15) is 5.37 Å². The molecule has 1 aromatic carbocycles. The Morgan fingerprint density at radius 3 is 2.70 bits per heavy atom. The lowest BCUT2D eigenvalue weighted by Gasteiger charge is -2.28. The molecule has 0 amide bonds. The van der Waals surface area contributed by atoms with Crippen molar-refractivity contribution in [3.63, 3.8) is 0 Å². The molecule has 0 saturated carbocycles. The van der Waals surface area contributed by atoms with E-state index in [-0.39, 0.29) is 11.1 Å². The van der Waals surface area contributed by atoms with Crippen LogP contribution in [0, 0.1) is 0 Å². The van der Waals surface area contributed by atoms with E-state index in [4.69, 9.17) is 0 Å². The summed E-state index contributed by atoms with van der Waals surface area (Å²) in [6, 6.07) is 9.52. The molecule has 2 atom stereocenters. The summed E-state index contributed by atoms with van der Waals surface area (Å²) in [4.78, 5) is 4.12. The van der Waals surface area contributed by atoms with Crippen molar-refractivity contribution in [3.05, 3.63) is 36.5 Å². The molecule has 0 bridgehead atoms. The number of fused-ring (bicyclic) bond motifs is 1. The van der Waals surface area contributed by atoms with E-state index in [1.165, 1.54) is 0 Å². The largest absolute Gasteiger partial charge is 0.310 e. The third kappa shape index (κ3) is 2.30. The summed E-state index contributed by atoms with van der Waals surface area (Å²) >= 11 is 0. The first-order valence-corrected chi connectivity index (χ1v) is 8.18. The average Bonchev–Trinajstić information content (AvgIpc) is 2.47. The van der Waals surface area contributed by atoms with Gasteiger partial charge in [0.2, 0.25) is 9.84 Å². The molecule has 2 aromatic rings. The Morgan fingerprint density at radius 2 is 1.95 bits per heavy atom. The minimum Gasteiger partial charge on any atom is -0.310 e. The lowest BCUT2D eigenvalue weighted by atomic mass is 10.2. The lowest BCUT2D eigenvalue weighted by molar-refractivity contribution is 0.407. The minimum absolute atomic E-state index is 0.157. The van der Waals surface area contributed by atoms with Crippen molar-refractivity contribution in [1.29, 1.82) is 0 Å². The zero-order chi connectivity index (χ0) is 14.2. The molecule has 20 heavy (non-hydrogen) atoms. The average molecular weight is 291 g/mol. The van der Waals surface area contributed by atoms with Gasteiger partial charge in [-0.3, -0.25) is 5.32 Å². The van der Waals surface area contributed by atoms with Gasteiger partial charge in [-0.05, 0) is 18.4 Å². The zero-order valence-electron chi connectivity index (χ0n) is 11.2. The van der Waals surface area contributed by atoms with Crippen LogP contribution in [0.25, 0.3) is 10.8 Å². The number of pyridine rings is 1. The molecule has 2 heterocycles. The van der Waals surface area contributed by atoms with E-state index in [0.29, 0.717) is 18.5 Å². The Bertz CT molecular complexity index is 717. The number of nitrogens with one attached hydrogen (secondary N) is 2. The number of nitrogens with zero attached hydrogens (tertiary/aromatic N) is 1. The van der Waals surface area contributed by atoms with Crippen LogP contribution in [0.1, 0.15) is 6.92 Å². The number of aromatic nitrogens is 1. The fourth-order valence-corrected chi connectivity index (χ4v) is 4.03. The van der Waals surface area contributed by atoms with E-state index in [2.05, 4.69) is 15.6 Å². The van der Waals surface area contributed by atoms with Crippen molar-refractivity contribution in [2.75, 3.05) is 13.1 Å². The van der Waals surface area contributed by atoms with Crippen molar-refractivity contribution in [3.8, 4) is 0 Å². The second kappa shape index (κ2) is 5.12. The number of hydrogen-bond acceptors (Lipinski definition) is 5. The normalized spacial score (nSPS) is 23.9. The Morgan fingerprint density at radius 1 is 1.15 bits per heavy atom. The van der Waals surface area contributed by atoms with Crippen LogP contribution in [0.5, 0.6) is 0 Å². The first-order valence-electron chi connectivity index (χ1n) is 6.63. The predicted octanol–water partition coefficient (Wildman–Crippen LogP) is 0.916. The fraction of sp³-hybridized carbons (Fsp3) is 0.357. The second-order valence-electron chi connectivity index (χ2n) is 5.09. The highest BCUT2D eigenvalue weighted by atomic mass is 32.2. The van der Waals surface area contributed by atoms with E-state index in [9.17, 15) is 8.42 Å². The van der Waals surface area contributed by atoms with Gasteiger partial charge in [-0.15, -0.1) is 0 Å². The minimum atomic E-state index is -3.50. The van der Waals surface area contributed by atoms with Gasteiger partial charge in [0.15, 0.2) is 5.03 Å². The van der Waals surface area contributed by atoms with Crippen molar-refractivity contribution in [1.82, 2.24) is 15.6 Å². The van der Waals surface area contributed by atoms with Crippen LogP contribution in [0.15, 0.2) is 41.6 Å². The molecule has 1 fully saturated rings. The molecule has 0 radical (unpaired) electrons. The van der Waals surface area contributed by atoms with Gasteiger partial charge in [-0.1, -0.05) is 24.3 Å². The van der Waals surface area contributed by atoms with Crippen molar-refractivity contribution < 1.29 is 8.42 Å². The Balaban J connectivity index is 2.05. The van der Waals surface area contributed by atoms with E-state index < -0.39 is 15.2 Å². The maximum Gasteiger partial charge on any atom is 0.213 e. The summed E-state index contributed by atoms with van der Waals surface area (Å²) in [6.07, 6.45) is 1.55. The van der Waals surface area contributed by atoms with Crippen LogP contribution in [-0.2, 0) is 9.84 Å². The van der Waals surface area contributed by atoms with E-state index in [1.54, 1.807) is 12.3 Å². The molecule has 0 spiro atoms. The standard InChI is InChI=1S/C14H17N3O2S/c1-10-8-17-13(9-16-10)20(18,19)14-12-5-3-2-4-11(12)6-7-15-14/h2-7,10,13,16-17H,8-9H2,1H3. The van der Waals surface area contributed by atoms with Crippen LogP contribution < -0.4 is 10.6 Å². The summed E-state index contributed by atoms with van der Waals surface area (Å²) in [6.45, 7) is 3.05. The van der Waals surface area contributed by atoms with Gasteiger partial charge in [0, 0.05) is 30.7 Å². The highest BCUT2D eigenvalue weighted by Crippen LogP contribution is 2.23. The van der Waals surface area contributed by atoms with Crippen LogP contribution in [0.3, 0.4) is 0 Å². The molecular formula is C14H17N3O2S. The highest BCUT2D eigenvalue weighted by molar-refractivity contribution is 7.92. The number of piperazine rings is 1. The van der Waals surface area contributed by atoms with E-state index in [1.807, 2.05) is 31.2 Å². The third-order valence-corrected chi connectivity index (χ3v) is 5.53. The smallest absolute Gasteiger partial charge is 0.213 e. The number of rotatable bonds is 2. The Labute approximate surface area is 118 Å². The molecule has 1 aromatic heterocycles. The van der Waals surface area contributed by atoms with Gasteiger partial charge >= 0.3 is 0 Å². The van der Waals surface area contributed by atoms with Gasteiger partial charge < -0.3 is 5.32 Å². The van der Waals surface area contributed by atoms with Crippen LogP contribution in [0.4, 0.5) is 0 Å². The maximum absolute atomic E-state index is 12.7. The SMILES string of the molecule is CC1CNC(S(=O)(=O)c2nccc3ccccc23)CN1. The fourth-order valence-electron chi connectivity index (χ4n) is 2.43. The first-order chi connectivity index (χ1) is 9.59. The summed E-state index contributed by atoms with van der Waals surface area (Å²) in [7, 11) is -3.50. The number of sulfone groups is 1. The molecule has 106 valence electrons.